The SMILES string of the molecule is C=CCN(C)C(=O)C(C)C1CCC2(C)Cc3sc(CS(=O)(=O)Cc4ccc(F)cc4)nc3C(C)C2C1O. The molecule has 9 heteroatoms. The highest BCUT2D eigenvalue weighted by atomic mass is 32.2. The molecule has 0 radical (unpaired) electrons. The average Bonchev–Trinajstić information content (AvgIpc) is 3.20. The Morgan fingerprint density at radius 1 is 1.35 bits per heavy atom. The van der Waals surface area contributed by atoms with Crippen LogP contribution in [0.3, 0.4) is 0 Å². The van der Waals surface area contributed by atoms with E-state index in [0.29, 0.717) is 17.1 Å². The number of amides is 1. The van der Waals surface area contributed by atoms with E-state index in [1.807, 2.05) is 6.92 Å². The minimum absolute atomic E-state index is 0.0130. The van der Waals surface area contributed by atoms with Crippen molar-refractivity contribution in [1.82, 2.24) is 9.88 Å². The molecule has 6 atom stereocenters. The second-order valence-corrected chi connectivity index (χ2v) is 14.4. The molecule has 2 aliphatic rings. The Labute approximate surface area is 223 Å². The van der Waals surface area contributed by atoms with Crippen LogP contribution in [0.5, 0.6) is 0 Å². The van der Waals surface area contributed by atoms with Crippen LogP contribution in [0.25, 0.3) is 0 Å². The highest BCUT2D eigenvalue weighted by Gasteiger charge is 2.54. The number of carbonyl (C=O) groups is 1. The molecule has 6 unspecified atom stereocenters. The van der Waals surface area contributed by atoms with Gasteiger partial charge in [0.05, 0.1) is 17.6 Å². The molecule has 0 bridgehead atoms. The van der Waals surface area contributed by atoms with E-state index in [1.54, 1.807) is 18.0 Å². The number of benzene rings is 1. The van der Waals surface area contributed by atoms with E-state index < -0.39 is 21.8 Å². The van der Waals surface area contributed by atoms with Gasteiger partial charge in [0.15, 0.2) is 9.84 Å². The largest absolute Gasteiger partial charge is 0.392 e. The monoisotopic (exact) mass is 548 g/mol. The summed E-state index contributed by atoms with van der Waals surface area (Å²) < 4.78 is 39.0. The van der Waals surface area contributed by atoms with Gasteiger partial charge in [-0.1, -0.05) is 39.0 Å². The fraction of sp³-hybridized carbons (Fsp3) is 0.571. The fourth-order valence-electron chi connectivity index (χ4n) is 6.55. The molecular formula is C28H37FN2O4S2. The number of carbonyl (C=O) groups excluding carboxylic acids is 1. The van der Waals surface area contributed by atoms with Crippen LogP contribution in [-0.4, -0.2) is 49.0 Å². The number of aliphatic hydroxyl groups excluding tert-OH is 1. The highest BCUT2D eigenvalue weighted by Crippen LogP contribution is 2.57. The van der Waals surface area contributed by atoms with Crippen molar-refractivity contribution < 1.29 is 22.7 Å². The van der Waals surface area contributed by atoms with Gasteiger partial charge in [0, 0.05) is 30.3 Å². The first-order valence-corrected chi connectivity index (χ1v) is 15.5. The Hall–Kier alpha value is -2.10. The number of sulfone groups is 1. The van der Waals surface area contributed by atoms with E-state index in [-0.39, 0.29) is 46.5 Å². The molecule has 1 aromatic carbocycles. The number of likely N-dealkylation sites (N-methyl/N-ethyl adjacent to an activating group) is 1. The summed E-state index contributed by atoms with van der Waals surface area (Å²) in [5, 5.41) is 12.2. The summed E-state index contributed by atoms with van der Waals surface area (Å²) in [6, 6.07) is 5.52. The van der Waals surface area contributed by atoms with Crippen molar-refractivity contribution in [3.05, 3.63) is 63.9 Å². The first-order valence-electron chi connectivity index (χ1n) is 12.8. The number of rotatable bonds is 8. The molecule has 1 amide bonds. The third kappa shape index (κ3) is 5.68. The van der Waals surface area contributed by atoms with Crippen LogP contribution in [0.4, 0.5) is 4.39 Å². The summed E-state index contributed by atoms with van der Waals surface area (Å²) >= 11 is 1.45. The van der Waals surface area contributed by atoms with Gasteiger partial charge in [0.25, 0.3) is 0 Å². The van der Waals surface area contributed by atoms with Gasteiger partial charge >= 0.3 is 0 Å². The maximum Gasteiger partial charge on any atom is 0.225 e. The van der Waals surface area contributed by atoms with Gasteiger partial charge in [-0.2, -0.15) is 0 Å². The van der Waals surface area contributed by atoms with E-state index in [0.717, 1.165) is 29.8 Å². The van der Waals surface area contributed by atoms with Crippen LogP contribution in [-0.2, 0) is 32.6 Å². The molecular weight excluding hydrogens is 511 g/mol. The minimum atomic E-state index is -3.48. The van der Waals surface area contributed by atoms with Crippen LogP contribution in [0.1, 0.15) is 60.7 Å². The van der Waals surface area contributed by atoms with Gasteiger partial charge in [-0.25, -0.2) is 17.8 Å². The van der Waals surface area contributed by atoms with E-state index in [1.165, 1.54) is 35.6 Å². The third-order valence-corrected chi connectivity index (χ3v) is 11.2. The van der Waals surface area contributed by atoms with Crippen LogP contribution >= 0.6 is 11.3 Å². The predicted octanol–water partition coefficient (Wildman–Crippen LogP) is 4.73. The number of fused-ring (bicyclic) bond motifs is 2. The Bertz CT molecular complexity index is 1260. The summed E-state index contributed by atoms with van der Waals surface area (Å²) in [6.45, 7) is 10.4. The zero-order valence-corrected chi connectivity index (χ0v) is 23.6. The molecule has 1 heterocycles. The number of aliphatic hydroxyl groups is 1. The molecule has 202 valence electrons. The second kappa shape index (κ2) is 10.6. The molecule has 6 nitrogen and oxygen atoms in total. The predicted molar refractivity (Wildman–Crippen MR) is 144 cm³/mol. The highest BCUT2D eigenvalue weighted by molar-refractivity contribution is 7.90. The second-order valence-electron chi connectivity index (χ2n) is 11.2. The van der Waals surface area contributed by atoms with Crippen molar-refractivity contribution in [2.45, 2.75) is 63.6 Å². The van der Waals surface area contributed by atoms with Crippen LogP contribution in [0.2, 0.25) is 0 Å². The number of thiazole rings is 1. The number of halogens is 1. The summed E-state index contributed by atoms with van der Waals surface area (Å²) in [5.74, 6) is -1.28. The van der Waals surface area contributed by atoms with Crippen molar-refractivity contribution in [3.8, 4) is 0 Å². The van der Waals surface area contributed by atoms with Gasteiger partial charge in [-0.3, -0.25) is 4.79 Å². The molecule has 1 aromatic heterocycles. The molecule has 1 saturated carbocycles. The van der Waals surface area contributed by atoms with Gasteiger partial charge < -0.3 is 10.0 Å². The summed E-state index contributed by atoms with van der Waals surface area (Å²) in [7, 11) is -1.72. The van der Waals surface area contributed by atoms with Gasteiger partial charge in [-0.15, -0.1) is 17.9 Å². The Morgan fingerprint density at radius 2 is 2.03 bits per heavy atom. The first-order chi connectivity index (χ1) is 17.3. The maximum absolute atomic E-state index is 13.2. The average molecular weight is 549 g/mol. The fourth-order valence-corrected chi connectivity index (χ4v) is 9.73. The first kappa shape index (κ1) is 27.9. The molecule has 1 fully saturated rings. The summed E-state index contributed by atoms with van der Waals surface area (Å²) in [4.78, 5) is 20.5. The topological polar surface area (TPSA) is 87.6 Å². The number of hydrogen-bond acceptors (Lipinski definition) is 6. The van der Waals surface area contributed by atoms with Crippen molar-refractivity contribution in [1.29, 1.82) is 0 Å². The normalized spacial score (nSPS) is 28.2. The maximum atomic E-state index is 13.2. The Morgan fingerprint density at radius 3 is 2.68 bits per heavy atom. The lowest BCUT2D eigenvalue weighted by molar-refractivity contribution is -0.143. The number of nitrogens with zero attached hydrogens (tertiary/aromatic N) is 2. The molecule has 4 rings (SSSR count). The molecule has 2 aromatic rings. The summed E-state index contributed by atoms with van der Waals surface area (Å²) in [5.41, 5.74) is 1.28. The van der Waals surface area contributed by atoms with Crippen molar-refractivity contribution >= 4 is 27.1 Å². The zero-order chi connectivity index (χ0) is 27.1. The smallest absolute Gasteiger partial charge is 0.225 e. The number of hydrogen-bond donors (Lipinski definition) is 1. The summed E-state index contributed by atoms with van der Waals surface area (Å²) in [6.07, 6.45) is 3.45. The van der Waals surface area contributed by atoms with Crippen LogP contribution < -0.4 is 0 Å². The molecule has 2 aliphatic carbocycles. The van der Waals surface area contributed by atoms with Crippen molar-refractivity contribution in [3.63, 3.8) is 0 Å². The lowest BCUT2D eigenvalue weighted by Crippen LogP contribution is -2.53. The van der Waals surface area contributed by atoms with Crippen LogP contribution in [0.15, 0.2) is 36.9 Å². The third-order valence-electron chi connectivity index (χ3n) is 8.42. The van der Waals surface area contributed by atoms with Gasteiger partial charge in [0.1, 0.15) is 16.6 Å². The molecule has 0 aliphatic heterocycles. The lowest BCUT2D eigenvalue weighted by atomic mass is 9.53. The zero-order valence-electron chi connectivity index (χ0n) is 22.0. The molecule has 1 N–H and O–H groups in total. The van der Waals surface area contributed by atoms with Crippen molar-refractivity contribution in [2.24, 2.45) is 23.2 Å². The van der Waals surface area contributed by atoms with E-state index in [2.05, 4.69) is 20.4 Å². The van der Waals surface area contributed by atoms with Gasteiger partial charge in [0.2, 0.25) is 5.91 Å². The standard InChI is InChI=1S/C28H37FN2O4S2/c1-6-13-31(5)27(33)17(2)21-11-12-28(4)14-22-25(18(3)24(28)26(21)32)30-23(36-22)16-37(34,35)15-19-7-9-20(29)10-8-19/h6-10,17-18,21,24,26,32H,1,11-16H2,2-5H3. The van der Waals surface area contributed by atoms with Gasteiger partial charge in [-0.05, 0) is 54.2 Å². The molecule has 0 saturated heterocycles. The van der Waals surface area contributed by atoms with E-state index >= 15 is 0 Å². The molecule has 37 heavy (non-hydrogen) atoms. The molecule has 0 spiro atoms. The van der Waals surface area contributed by atoms with Crippen LogP contribution in [0, 0.1) is 29.0 Å². The minimum Gasteiger partial charge on any atom is -0.392 e. The van der Waals surface area contributed by atoms with E-state index in [9.17, 15) is 22.7 Å². The Kier molecular flexibility index (Phi) is 7.98. The number of aromatic nitrogens is 1. The lowest BCUT2D eigenvalue weighted by Gasteiger charge is -2.53. The Balaban J connectivity index is 1.53. The van der Waals surface area contributed by atoms with Crippen molar-refractivity contribution in [2.75, 3.05) is 13.6 Å². The quantitative estimate of drug-likeness (QED) is 0.482. The van der Waals surface area contributed by atoms with E-state index in [4.69, 9.17) is 4.98 Å².